The predicted octanol–water partition coefficient (Wildman–Crippen LogP) is 9.88. The van der Waals surface area contributed by atoms with Crippen LogP contribution in [0.15, 0.2) is 85.0 Å². The molecule has 0 saturated heterocycles. The third-order valence-electron chi connectivity index (χ3n) is 11.0. The minimum atomic E-state index is -1.74. The highest BCUT2D eigenvalue weighted by atomic mass is 28.3. The van der Waals surface area contributed by atoms with Crippen molar-refractivity contribution in [2.24, 2.45) is 11.8 Å². The standard InChI is InChI=1S/C46H70O5Si2/c1-35(2)25-31-50-43-37(19-17-21-39(43)52(7,8)9)45(27-15-13-23-41(45)47-5)29-33-49-34-30-46(28-16-14-24-42(46)48-6)38-20-18-22-40(53(10,11)12)44(38)51-32-26-36(3)4/h13-24,27-28,35-36,41-42H,25-26,29-34H2,1-12H3. The summed E-state index contributed by atoms with van der Waals surface area (Å²) >= 11 is 0. The Kier molecular flexibility index (Phi) is 15.2. The molecule has 4 rings (SSSR count). The second-order valence-corrected chi connectivity index (χ2v) is 28.0. The molecule has 4 unspecified atom stereocenters. The first-order valence-corrected chi connectivity index (χ1v) is 27.0. The van der Waals surface area contributed by atoms with Crippen LogP contribution in [0.3, 0.4) is 0 Å². The highest BCUT2D eigenvalue weighted by Gasteiger charge is 2.44. The summed E-state index contributed by atoms with van der Waals surface area (Å²) in [6.45, 7) is 26.0. The molecule has 0 spiro atoms. The Balaban J connectivity index is 1.67. The molecule has 0 fully saturated rings. The summed E-state index contributed by atoms with van der Waals surface area (Å²) in [6.07, 6.45) is 20.8. The summed E-state index contributed by atoms with van der Waals surface area (Å²) in [7, 11) is 0.165. The van der Waals surface area contributed by atoms with Crippen LogP contribution in [-0.4, -0.2) is 69.0 Å². The van der Waals surface area contributed by atoms with Gasteiger partial charge in [0.2, 0.25) is 0 Å². The third-order valence-corrected chi connectivity index (χ3v) is 15.0. The van der Waals surface area contributed by atoms with Gasteiger partial charge in [0.1, 0.15) is 11.5 Å². The van der Waals surface area contributed by atoms with E-state index in [1.165, 1.54) is 21.5 Å². The van der Waals surface area contributed by atoms with Crippen LogP contribution in [0, 0.1) is 11.8 Å². The summed E-state index contributed by atoms with van der Waals surface area (Å²) in [5.74, 6) is 3.23. The first-order valence-electron chi connectivity index (χ1n) is 20.0. The van der Waals surface area contributed by atoms with Crippen LogP contribution in [0.1, 0.15) is 64.5 Å². The molecule has 2 aliphatic carbocycles. The fraction of sp³-hybridized carbons (Fsp3) is 0.565. The van der Waals surface area contributed by atoms with Crippen LogP contribution in [0.2, 0.25) is 39.3 Å². The number of methoxy groups -OCH3 is 2. The molecular weight excluding hydrogens is 689 g/mol. The van der Waals surface area contributed by atoms with Gasteiger partial charge >= 0.3 is 0 Å². The monoisotopic (exact) mass is 758 g/mol. The molecule has 4 atom stereocenters. The SMILES string of the molecule is COC1C=CC=CC1(CCOCCC1(c2cccc([Si](C)(C)C)c2OCCC(C)C)C=CC=CC1OC)c1cccc([Si](C)(C)C)c1OCCC(C)C. The van der Waals surface area contributed by atoms with E-state index in [1.54, 1.807) is 0 Å². The zero-order chi connectivity index (χ0) is 38.9. The van der Waals surface area contributed by atoms with E-state index >= 15 is 0 Å². The number of benzene rings is 2. The Bertz CT molecular complexity index is 1480. The van der Waals surface area contributed by atoms with Crippen LogP contribution in [0.5, 0.6) is 11.5 Å². The molecule has 0 bridgehead atoms. The molecule has 0 amide bonds. The van der Waals surface area contributed by atoms with E-state index in [1.807, 2.05) is 14.2 Å². The molecule has 0 aliphatic heterocycles. The molecule has 292 valence electrons. The molecule has 0 N–H and O–H groups in total. The van der Waals surface area contributed by atoms with E-state index in [0.29, 0.717) is 38.3 Å². The molecule has 53 heavy (non-hydrogen) atoms. The number of ether oxygens (including phenoxy) is 5. The van der Waals surface area contributed by atoms with Crippen molar-refractivity contribution in [3.05, 3.63) is 96.1 Å². The van der Waals surface area contributed by atoms with Gasteiger partial charge < -0.3 is 23.7 Å². The van der Waals surface area contributed by atoms with Crippen molar-refractivity contribution < 1.29 is 23.7 Å². The number of para-hydroxylation sites is 2. The molecule has 0 aromatic heterocycles. The van der Waals surface area contributed by atoms with Crippen LogP contribution < -0.4 is 19.8 Å². The molecule has 2 aromatic carbocycles. The molecular formula is C46H70O5Si2. The van der Waals surface area contributed by atoms with Crippen LogP contribution >= 0.6 is 0 Å². The maximum atomic E-state index is 6.80. The summed E-state index contributed by atoms with van der Waals surface area (Å²) in [5.41, 5.74) is 1.52. The molecule has 0 radical (unpaired) electrons. The first kappa shape index (κ1) is 43.0. The molecule has 5 nitrogen and oxygen atoms in total. The van der Waals surface area contributed by atoms with E-state index in [0.717, 1.165) is 37.2 Å². The molecule has 7 heteroatoms. The molecule has 0 heterocycles. The van der Waals surface area contributed by atoms with Gasteiger partial charge in [-0.15, -0.1) is 0 Å². The van der Waals surface area contributed by atoms with Crippen molar-refractivity contribution in [1.29, 1.82) is 0 Å². The van der Waals surface area contributed by atoms with Crippen molar-refractivity contribution >= 4 is 26.5 Å². The maximum Gasteiger partial charge on any atom is 0.122 e. The zero-order valence-corrected chi connectivity index (χ0v) is 37.1. The number of rotatable bonds is 20. The second-order valence-electron chi connectivity index (χ2n) is 17.9. The Morgan fingerprint density at radius 2 is 0.962 bits per heavy atom. The summed E-state index contributed by atoms with van der Waals surface area (Å²) in [6, 6.07) is 13.5. The second kappa shape index (κ2) is 18.8. The topological polar surface area (TPSA) is 46.2 Å². The Morgan fingerprint density at radius 1 is 0.566 bits per heavy atom. The fourth-order valence-corrected chi connectivity index (χ4v) is 10.7. The van der Waals surface area contributed by atoms with Crippen molar-refractivity contribution in [2.75, 3.05) is 40.6 Å². The lowest BCUT2D eigenvalue weighted by Crippen LogP contribution is -2.45. The Labute approximate surface area is 324 Å². The predicted molar refractivity (Wildman–Crippen MR) is 230 cm³/mol. The van der Waals surface area contributed by atoms with Crippen LogP contribution in [0.25, 0.3) is 0 Å². The molecule has 2 aromatic rings. The van der Waals surface area contributed by atoms with Crippen molar-refractivity contribution in [3.63, 3.8) is 0 Å². The smallest absolute Gasteiger partial charge is 0.122 e. The van der Waals surface area contributed by atoms with Gasteiger partial charge in [-0.05, 0) is 47.9 Å². The van der Waals surface area contributed by atoms with Gasteiger partial charge in [-0.25, -0.2) is 0 Å². The Hall–Kier alpha value is -2.69. The summed E-state index contributed by atoms with van der Waals surface area (Å²) < 4.78 is 32.8. The maximum absolute atomic E-state index is 6.80. The van der Waals surface area contributed by atoms with Gasteiger partial charge in [-0.1, -0.05) is 152 Å². The lowest BCUT2D eigenvalue weighted by atomic mass is 9.70. The largest absolute Gasteiger partial charge is 0.493 e. The lowest BCUT2D eigenvalue weighted by molar-refractivity contribution is 0.0368. The number of hydrogen-bond acceptors (Lipinski definition) is 5. The minimum Gasteiger partial charge on any atom is -0.493 e. The summed E-state index contributed by atoms with van der Waals surface area (Å²) in [5, 5.41) is 2.71. The first-order chi connectivity index (χ1) is 25.1. The van der Waals surface area contributed by atoms with Crippen molar-refractivity contribution in [2.45, 2.75) is 116 Å². The van der Waals surface area contributed by atoms with Crippen LogP contribution in [-0.2, 0) is 25.0 Å². The van der Waals surface area contributed by atoms with E-state index in [9.17, 15) is 0 Å². The van der Waals surface area contributed by atoms with Crippen molar-refractivity contribution in [3.8, 4) is 11.5 Å². The fourth-order valence-electron chi connectivity index (χ4n) is 7.78. The van der Waals surface area contributed by atoms with Crippen molar-refractivity contribution in [1.82, 2.24) is 0 Å². The van der Waals surface area contributed by atoms with E-state index in [-0.39, 0.29) is 12.2 Å². The Morgan fingerprint density at radius 3 is 1.30 bits per heavy atom. The average Bonchev–Trinajstić information content (AvgIpc) is 3.10. The average molecular weight is 759 g/mol. The highest BCUT2D eigenvalue weighted by Crippen LogP contribution is 2.44. The third kappa shape index (κ3) is 10.3. The van der Waals surface area contributed by atoms with E-state index in [4.69, 9.17) is 23.7 Å². The lowest BCUT2D eigenvalue weighted by Gasteiger charge is -2.41. The van der Waals surface area contributed by atoms with E-state index in [2.05, 4.69) is 152 Å². The van der Waals surface area contributed by atoms with E-state index < -0.39 is 27.0 Å². The van der Waals surface area contributed by atoms with Gasteiger partial charge in [0.15, 0.2) is 0 Å². The van der Waals surface area contributed by atoms with Gasteiger partial charge in [-0.2, -0.15) is 0 Å². The molecule has 0 saturated carbocycles. The van der Waals surface area contributed by atoms with Gasteiger partial charge in [0.25, 0.3) is 0 Å². The number of hydrogen-bond donors (Lipinski definition) is 0. The molecule has 2 aliphatic rings. The zero-order valence-electron chi connectivity index (χ0n) is 35.1. The highest BCUT2D eigenvalue weighted by molar-refractivity contribution is 6.89. The summed E-state index contributed by atoms with van der Waals surface area (Å²) in [4.78, 5) is 0. The quantitative estimate of drug-likeness (QED) is 0.0995. The van der Waals surface area contributed by atoms with Gasteiger partial charge in [-0.3, -0.25) is 0 Å². The number of allylic oxidation sites excluding steroid dienone is 4. The normalized spacial score (nSPS) is 23.0. The van der Waals surface area contributed by atoms with Gasteiger partial charge in [0, 0.05) is 49.4 Å². The van der Waals surface area contributed by atoms with Crippen LogP contribution in [0.4, 0.5) is 0 Å². The van der Waals surface area contributed by atoms with Gasteiger partial charge in [0.05, 0.1) is 41.6 Å². The minimum absolute atomic E-state index is 0.147.